The van der Waals surface area contributed by atoms with Crippen molar-refractivity contribution >= 4 is 5.91 Å². The van der Waals surface area contributed by atoms with Gasteiger partial charge in [0.15, 0.2) is 0 Å². The van der Waals surface area contributed by atoms with Crippen LogP contribution in [0, 0.1) is 5.92 Å². The molecule has 1 atom stereocenters. The van der Waals surface area contributed by atoms with Crippen LogP contribution >= 0.6 is 0 Å². The molecule has 0 radical (unpaired) electrons. The third-order valence-corrected chi connectivity index (χ3v) is 5.38. The average Bonchev–Trinajstić information content (AvgIpc) is 3.18. The molecule has 0 N–H and O–H groups in total. The Kier molecular flexibility index (Phi) is 5.68. The molecule has 27 heavy (non-hydrogen) atoms. The van der Waals surface area contributed by atoms with Gasteiger partial charge in [0.1, 0.15) is 6.10 Å². The fourth-order valence-electron chi connectivity index (χ4n) is 3.89. The molecule has 0 saturated carbocycles. The lowest BCUT2D eigenvalue weighted by Gasteiger charge is -2.23. The largest absolute Gasteiger partial charge is 0.474 e. The Bertz CT molecular complexity index is 759. The Morgan fingerprint density at radius 3 is 2.78 bits per heavy atom. The van der Waals surface area contributed by atoms with Gasteiger partial charge < -0.3 is 14.4 Å². The summed E-state index contributed by atoms with van der Waals surface area (Å²) in [5.41, 5.74) is 2.00. The Hall–Kier alpha value is -2.40. The fourth-order valence-corrected chi connectivity index (χ4v) is 3.89. The van der Waals surface area contributed by atoms with Gasteiger partial charge in [-0.3, -0.25) is 4.79 Å². The van der Waals surface area contributed by atoms with Crippen molar-refractivity contribution < 1.29 is 14.3 Å². The maximum absolute atomic E-state index is 12.9. The Labute approximate surface area is 160 Å². The first-order valence-electron chi connectivity index (χ1n) is 9.81. The maximum atomic E-state index is 12.9. The summed E-state index contributed by atoms with van der Waals surface area (Å²) in [6, 6.07) is 14.1. The zero-order valence-corrected chi connectivity index (χ0v) is 15.5. The molecule has 0 spiro atoms. The molecule has 5 nitrogen and oxygen atoms in total. The lowest BCUT2D eigenvalue weighted by molar-refractivity contribution is 0.0236. The van der Waals surface area contributed by atoms with Crippen LogP contribution in [-0.2, 0) is 11.2 Å². The highest BCUT2D eigenvalue weighted by atomic mass is 16.5. The number of benzene rings is 1. The second-order valence-corrected chi connectivity index (χ2v) is 7.41. The zero-order chi connectivity index (χ0) is 18.5. The van der Waals surface area contributed by atoms with Crippen LogP contribution in [0.4, 0.5) is 0 Å². The van der Waals surface area contributed by atoms with Crippen molar-refractivity contribution in [3.8, 4) is 5.88 Å². The standard InChI is InChI=1S/C22H26N2O3/c25-22(24-11-7-18(16-24)14-17-4-2-1-3-5-17)19-6-10-23-21(15-19)27-20-8-12-26-13-9-20/h1-6,10,15,18,20H,7-9,11-14,16H2/t18-/m1/s1. The molecule has 2 aliphatic heterocycles. The monoisotopic (exact) mass is 366 g/mol. The van der Waals surface area contributed by atoms with Crippen molar-refractivity contribution in [2.75, 3.05) is 26.3 Å². The molecule has 0 bridgehead atoms. The topological polar surface area (TPSA) is 51.7 Å². The summed E-state index contributed by atoms with van der Waals surface area (Å²) >= 11 is 0. The summed E-state index contributed by atoms with van der Waals surface area (Å²) in [4.78, 5) is 19.2. The average molecular weight is 366 g/mol. The first-order valence-corrected chi connectivity index (χ1v) is 9.81. The van der Waals surface area contributed by atoms with Crippen LogP contribution in [0.25, 0.3) is 0 Å². The minimum absolute atomic E-state index is 0.0739. The van der Waals surface area contributed by atoms with Gasteiger partial charge in [-0.2, -0.15) is 0 Å². The number of carbonyl (C=O) groups is 1. The van der Waals surface area contributed by atoms with Crippen LogP contribution in [0.3, 0.4) is 0 Å². The molecule has 1 aromatic heterocycles. The molecule has 142 valence electrons. The van der Waals surface area contributed by atoms with Crippen LogP contribution in [0.1, 0.15) is 35.2 Å². The SMILES string of the molecule is O=C(c1ccnc(OC2CCOCC2)c1)N1CC[C@H](Cc2ccccc2)C1. The third kappa shape index (κ3) is 4.66. The van der Waals surface area contributed by atoms with Crippen LogP contribution in [0.2, 0.25) is 0 Å². The van der Waals surface area contributed by atoms with Crippen molar-refractivity contribution in [2.45, 2.75) is 31.8 Å². The van der Waals surface area contributed by atoms with Crippen molar-refractivity contribution in [1.29, 1.82) is 0 Å². The minimum Gasteiger partial charge on any atom is -0.474 e. The Balaban J connectivity index is 1.36. The summed E-state index contributed by atoms with van der Waals surface area (Å²) in [6.45, 7) is 3.07. The number of likely N-dealkylation sites (tertiary alicyclic amines) is 1. The molecule has 1 aromatic carbocycles. The van der Waals surface area contributed by atoms with E-state index < -0.39 is 0 Å². The molecule has 4 rings (SSSR count). The summed E-state index contributed by atoms with van der Waals surface area (Å²) in [5.74, 6) is 1.13. The smallest absolute Gasteiger partial charge is 0.254 e. The van der Waals surface area contributed by atoms with E-state index in [1.807, 2.05) is 11.0 Å². The van der Waals surface area contributed by atoms with Crippen molar-refractivity contribution in [3.05, 3.63) is 59.8 Å². The number of carbonyl (C=O) groups excluding carboxylic acids is 1. The minimum atomic E-state index is 0.0739. The highest BCUT2D eigenvalue weighted by molar-refractivity contribution is 5.94. The van der Waals surface area contributed by atoms with Gasteiger partial charge in [0.25, 0.3) is 5.91 Å². The molecule has 3 heterocycles. The molecular formula is C22H26N2O3. The predicted molar refractivity (Wildman–Crippen MR) is 103 cm³/mol. The Morgan fingerprint density at radius 1 is 1.15 bits per heavy atom. The van der Waals surface area contributed by atoms with Crippen molar-refractivity contribution in [2.24, 2.45) is 5.92 Å². The summed E-state index contributed by atoms with van der Waals surface area (Å²) in [5, 5.41) is 0. The van der Waals surface area contributed by atoms with E-state index in [-0.39, 0.29) is 12.0 Å². The van der Waals surface area contributed by atoms with Crippen molar-refractivity contribution in [3.63, 3.8) is 0 Å². The van der Waals surface area contributed by atoms with Gasteiger partial charge in [0.05, 0.1) is 13.2 Å². The molecule has 2 saturated heterocycles. The van der Waals surface area contributed by atoms with Gasteiger partial charge in [0, 0.05) is 43.8 Å². The quantitative estimate of drug-likeness (QED) is 0.814. The van der Waals surface area contributed by atoms with Crippen LogP contribution in [-0.4, -0.2) is 48.2 Å². The summed E-state index contributed by atoms with van der Waals surface area (Å²) < 4.78 is 11.3. The summed E-state index contributed by atoms with van der Waals surface area (Å²) in [6.07, 6.45) is 5.61. The molecule has 0 aliphatic carbocycles. The third-order valence-electron chi connectivity index (χ3n) is 5.38. The number of hydrogen-bond acceptors (Lipinski definition) is 4. The van der Waals surface area contributed by atoms with Gasteiger partial charge in [-0.05, 0) is 30.4 Å². The molecule has 1 amide bonds. The van der Waals surface area contributed by atoms with Gasteiger partial charge in [-0.1, -0.05) is 30.3 Å². The highest BCUT2D eigenvalue weighted by Crippen LogP contribution is 2.24. The predicted octanol–water partition coefficient (Wildman–Crippen LogP) is 3.34. The number of rotatable bonds is 5. The van der Waals surface area contributed by atoms with E-state index in [1.54, 1.807) is 18.3 Å². The van der Waals surface area contributed by atoms with E-state index in [1.165, 1.54) is 5.56 Å². The number of hydrogen-bond donors (Lipinski definition) is 0. The zero-order valence-electron chi connectivity index (χ0n) is 15.5. The van der Waals surface area contributed by atoms with E-state index in [9.17, 15) is 4.79 Å². The molecule has 2 aliphatic rings. The molecule has 2 aromatic rings. The van der Waals surface area contributed by atoms with E-state index >= 15 is 0 Å². The first-order chi connectivity index (χ1) is 13.3. The van der Waals surface area contributed by atoms with E-state index in [0.29, 0.717) is 17.4 Å². The summed E-state index contributed by atoms with van der Waals surface area (Å²) in [7, 11) is 0. The number of nitrogens with zero attached hydrogens (tertiary/aromatic N) is 2. The van der Waals surface area contributed by atoms with Gasteiger partial charge >= 0.3 is 0 Å². The van der Waals surface area contributed by atoms with Gasteiger partial charge in [-0.25, -0.2) is 4.98 Å². The fraction of sp³-hybridized carbons (Fsp3) is 0.455. The second-order valence-electron chi connectivity index (χ2n) is 7.41. The molecule has 2 fully saturated rings. The second kappa shape index (κ2) is 8.53. The highest BCUT2D eigenvalue weighted by Gasteiger charge is 2.27. The normalized spacial score (nSPS) is 20.6. The van der Waals surface area contributed by atoms with E-state index in [2.05, 4.69) is 29.2 Å². The van der Waals surface area contributed by atoms with Crippen LogP contribution in [0.15, 0.2) is 48.7 Å². The van der Waals surface area contributed by atoms with Crippen LogP contribution in [0.5, 0.6) is 5.88 Å². The van der Waals surface area contributed by atoms with E-state index in [0.717, 1.165) is 52.0 Å². The maximum Gasteiger partial charge on any atom is 0.254 e. The van der Waals surface area contributed by atoms with Gasteiger partial charge in [-0.15, -0.1) is 0 Å². The molecule has 0 unspecified atom stereocenters. The van der Waals surface area contributed by atoms with Gasteiger partial charge in [0.2, 0.25) is 5.88 Å². The molecular weight excluding hydrogens is 340 g/mol. The number of aromatic nitrogens is 1. The van der Waals surface area contributed by atoms with Crippen LogP contribution < -0.4 is 4.74 Å². The number of pyridine rings is 1. The Morgan fingerprint density at radius 2 is 1.96 bits per heavy atom. The van der Waals surface area contributed by atoms with Crippen molar-refractivity contribution in [1.82, 2.24) is 9.88 Å². The van der Waals surface area contributed by atoms with E-state index in [4.69, 9.17) is 9.47 Å². The number of amides is 1. The first kappa shape index (κ1) is 18.0. The molecule has 5 heteroatoms. The number of ether oxygens (including phenoxy) is 2. The lowest BCUT2D eigenvalue weighted by Crippen LogP contribution is -2.29. The lowest BCUT2D eigenvalue weighted by atomic mass is 9.99.